The number of nitrogens with one attached hydrogen (secondary N) is 2. The summed E-state index contributed by atoms with van der Waals surface area (Å²) in [5.74, 6) is -0.178. The maximum Gasteiger partial charge on any atom is 0.252 e. The van der Waals surface area contributed by atoms with Gasteiger partial charge in [-0.3, -0.25) is 14.4 Å². The molecule has 37 heavy (non-hydrogen) atoms. The molecule has 0 aliphatic carbocycles. The minimum absolute atomic E-state index is 0. The predicted octanol–water partition coefficient (Wildman–Crippen LogP) is 3.65. The van der Waals surface area contributed by atoms with Crippen molar-refractivity contribution >= 4 is 52.3 Å². The van der Waals surface area contributed by atoms with Crippen molar-refractivity contribution in [2.75, 3.05) is 24.0 Å². The summed E-state index contributed by atoms with van der Waals surface area (Å²) in [4.78, 5) is 43.1. The Morgan fingerprint density at radius 3 is 2.32 bits per heavy atom. The summed E-state index contributed by atoms with van der Waals surface area (Å²) in [5.41, 5.74) is 2.05. The number of nitrogens with zero attached hydrogens (tertiary/aromatic N) is 2. The third-order valence-corrected chi connectivity index (χ3v) is 6.85. The van der Waals surface area contributed by atoms with Gasteiger partial charge >= 0.3 is 0 Å². The molecule has 3 aromatic carbocycles. The minimum atomic E-state index is -0.953. The van der Waals surface area contributed by atoms with Gasteiger partial charge in [0.15, 0.2) is 0 Å². The number of halogens is 1. The molecule has 0 unspecified atom stereocenters. The Labute approximate surface area is 223 Å². The molecule has 4 rings (SSSR count). The molecule has 0 aromatic heterocycles. The Kier molecular flexibility index (Phi) is 8.78. The molecule has 2 N–H and O–H groups in total. The van der Waals surface area contributed by atoms with E-state index in [9.17, 15) is 14.4 Å². The van der Waals surface area contributed by atoms with E-state index in [4.69, 9.17) is 4.74 Å². The van der Waals surface area contributed by atoms with Crippen LogP contribution in [0.2, 0.25) is 0 Å². The Hall–Kier alpha value is -3.62. The van der Waals surface area contributed by atoms with Crippen molar-refractivity contribution in [3.8, 4) is 5.75 Å². The highest BCUT2D eigenvalue weighted by Crippen LogP contribution is 2.38. The van der Waals surface area contributed by atoms with Crippen molar-refractivity contribution in [1.82, 2.24) is 10.6 Å². The van der Waals surface area contributed by atoms with Crippen LogP contribution in [-0.2, 0) is 20.9 Å². The highest BCUT2D eigenvalue weighted by molar-refractivity contribution is 6.08. The standard InChI is InChI=1S/C28H32N4O4.ClH/c1-17(29-4)27(34)30-26-18(2)32(19(3)33)24-13-9-8-12-23(24)31(28(26)35)16-22-21-11-7-6-10-20(21)14-15-25(22)36-5;/h6-15,17-18,26,29H,16H2,1-5H3,(H,30,34);1H/t17-,18-,26-;/m0./s1. The Balaban J connectivity index is 0.00000380. The first-order valence-corrected chi connectivity index (χ1v) is 12.0. The third kappa shape index (κ3) is 5.26. The number of hydrogen-bond donors (Lipinski definition) is 2. The fourth-order valence-corrected chi connectivity index (χ4v) is 4.80. The number of likely N-dealkylation sites (N-methyl/N-ethyl adjacent to an activating group) is 1. The van der Waals surface area contributed by atoms with Crippen LogP contribution in [0.4, 0.5) is 11.4 Å². The van der Waals surface area contributed by atoms with Gasteiger partial charge in [-0.05, 0) is 49.9 Å². The lowest BCUT2D eigenvalue weighted by molar-refractivity contribution is -0.129. The number of carbonyl (C=O) groups excluding carboxylic acids is 3. The van der Waals surface area contributed by atoms with Gasteiger partial charge in [0, 0.05) is 12.5 Å². The molecule has 196 valence electrons. The van der Waals surface area contributed by atoms with Crippen LogP contribution in [0.5, 0.6) is 5.75 Å². The maximum atomic E-state index is 14.2. The van der Waals surface area contributed by atoms with Gasteiger partial charge in [0.05, 0.1) is 37.1 Å². The highest BCUT2D eigenvalue weighted by atomic mass is 35.5. The zero-order valence-corrected chi connectivity index (χ0v) is 22.5. The number of rotatable bonds is 6. The molecule has 8 nitrogen and oxygen atoms in total. The van der Waals surface area contributed by atoms with Gasteiger partial charge in [0.2, 0.25) is 11.8 Å². The summed E-state index contributed by atoms with van der Waals surface area (Å²) in [6, 6.07) is 17.1. The molecule has 1 heterocycles. The van der Waals surface area contributed by atoms with Crippen LogP contribution >= 0.6 is 12.4 Å². The fraction of sp³-hybridized carbons (Fsp3) is 0.321. The summed E-state index contributed by atoms with van der Waals surface area (Å²) in [5, 5.41) is 7.78. The molecule has 1 aliphatic rings. The topological polar surface area (TPSA) is 91.0 Å². The first kappa shape index (κ1) is 28.0. The number of hydrogen-bond acceptors (Lipinski definition) is 5. The lowest BCUT2D eigenvalue weighted by atomic mass is 10.0. The summed E-state index contributed by atoms with van der Waals surface area (Å²) in [7, 11) is 3.28. The molecule has 9 heteroatoms. The van der Waals surface area contributed by atoms with Crippen molar-refractivity contribution in [1.29, 1.82) is 0 Å². The Morgan fingerprint density at radius 2 is 1.68 bits per heavy atom. The van der Waals surface area contributed by atoms with E-state index in [-0.39, 0.29) is 36.7 Å². The quantitative estimate of drug-likeness (QED) is 0.513. The van der Waals surface area contributed by atoms with Gasteiger partial charge in [-0.1, -0.05) is 42.5 Å². The zero-order chi connectivity index (χ0) is 26.0. The van der Waals surface area contributed by atoms with Gasteiger partial charge in [-0.2, -0.15) is 0 Å². The predicted molar refractivity (Wildman–Crippen MR) is 148 cm³/mol. The summed E-state index contributed by atoms with van der Waals surface area (Å²) in [6.07, 6.45) is 0. The molecule has 0 fully saturated rings. The normalized spacial score (nSPS) is 17.9. The first-order chi connectivity index (χ1) is 17.3. The smallest absolute Gasteiger partial charge is 0.252 e. The molecule has 1 aliphatic heterocycles. The van der Waals surface area contributed by atoms with Crippen molar-refractivity contribution < 1.29 is 19.1 Å². The number of para-hydroxylation sites is 2. The summed E-state index contributed by atoms with van der Waals surface area (Å²) in [6.45, 7) is 5.17. The van der Waals surface area contributed by atoms with E-state index in [1.165, 1.54) is 6.92 Å². The van der Waals surface area contributed by atoms with Gasteiger partial charge < -0.3 is 25.2 Å². The van der Waals surface area contributed by atoms with Crippen LogP contribution in [0, 0.1) is 0 Å². The monoisotopic (exact) mass is 524 g/mol. The number of fused-ring (bicyclic) bond motifs is 2. The Bertz CT molecular complexity index is 1310. The number of methoxy groups -OCH3 is 1. The van der Waals surface area contributed by atoms with Gasteiger partial charge in [-0.15, -0.1) is 12.4 Å². The van der Waals surface area contributed by atoms with Crippen molar-refractivity contribution in [3.63, 3.8) is 0 Å². The molecule has 0 radical (unpaired) electrons. The second-order valence-electron chi connectivity index (χ2n) is 9.01. The maximum absolute atomic E-state index is 14.2. The number of ether oxygens (including phenoxy) is 1. The summed E-state index contributed by atoms with van der Waals surface area (Å²) >= 11 is 0. The average Bonchev–Trinajstić information content (AvgIpc) is 2.97. The van der Waals surface area contributed by atoms with Crippen LogP contribution in [0.15, 0.2) is 60.7 Å². The van der Waals surface area contributed by atoms with E-state index in [0.29, 0.717) is 17.1 Å². The van der Waals surface area contributed by atoms with E-state index < -0.39 is 18.1 Å². The van der Waals surface area contributed by atoms with Crippen LogP contribution in [0.25, 0.3) is 10.8 Å². The largest absolute Gasteiger partial charge is 0.496 e. The van der Waals surface area contributed by atoms with Crippen molar-refractivity contribution in [2.45, 2.75) is 45.4 Å². The van der Waals surface area contributed by atoms with E-state index in [1.54, 1.807) is 37.8 Å². The van der Waals surface area contributed by atoms with Crippen molar-refractivity contribution in [2.24, 2.45) is 0 Å². The van der Waals surface area contributed by atoms with E-state index in [2.05, 4.69) is 10.6 Å². The van der Waals surface area contributed by atoms with Gasteiger partial charge in [0.25, 0.3) is 5.91 Å². The first-order valence-electron chi connectivity index (χ1n) is 12.0. The van der Waals surface area contributed by atoms with E-state index in [0.717, 1.165) is 16.3 Å². The lowest BCUT2D eigenvalue weighted by Crippen LogP contribution is -2.59. The Morgan fingerprint density at radius 1 is 1.03 bits per heavy atom. The second kappa shape index (κ2) is 11.6. The number of amides is 3. The van der Waals surface area contributed by atoms with Gasteiger partial charge in [0.1, 0.15) is 11.8 Å². The minimum Gasteiger partial charge on any atom is -0.496 e. The lowest BCUT2D eigenvalue weighted by Gasteiger charge is -2.32. The summed E-state index contributed by atoms with van der Waals surface area (Å²) < 4.78 is 5.69. The molecule has 0 saturated carbocycles. The van der Waals surface area contributed by atoms with Crippen LogP contribution < -0.4 is 25.2 Å². The SMILES string of the molecule is CN[C@@H](C)C(=O)N[C@@H]1C(=O)N(Cc2c(OC)ccc3ccccc23)c2ccccc2N(C(C)=O)[C@H]1C.Cl. The van der Waals surface area contributed by atoms with Crippen LogP contribution in [0.3, 0.4) is 0 Å². The number of carbonyl (C=O) groups is 3. The third-order valence-electron chi connectivity index (χ3n) is 6.85. The molecule has 0 bridgehead atoms. The van der Waals surface area contributed by atoms with Crippen LogP contribution in [-0.4, -0.2) is 50.0 Å². The molecule has 0 saturated heterocycles. The number of benzene rings is 3. The second-order valence-corrected chi connectivity index (χ2v) is 9.01. The molecule has 3 aromatic rings. The highest BCUT2D eigenvalue weighted by Gasteiger charge is 2.41. The molecular weight excluding hydrogens is 492 g/mol. The molecule has 0 spiro atoms. The zero-order valence-electron chi connectivity index (χ0n) is 21.6. The average molecular weight is 525 g/mol. The molecular formula is C28H33ClN4O4. The van der Waals surface area contributed by atoms with Crippen LogP contribution in [0.1, 0.15) is 26.3 Å². The van der Waals surface area contributed by atoms with E-state index in [1.807, 2.05) is 60.7 Å². The number of anilines is 2. The van der Waals surface area contributed by atoms with E-state index >= 15 is 0 Å². The molecule has 3 amide bonds. The van der Waals surface area contributed by atoms with Gasteiger partial charge in [-0.25, -0.2) is 0 Å². The molecule has 3 atom stereocenters. The van der Waals surface area contributed by atoms with Crippen molar-refractivity contribution in [3.05, 3.63) is 66.2 Å². The fourth-order valence-electron chi connectivity index (χ4n) is 4.80.